The Morgan fingerprint density at radius 3 is 2.11 bits per heavy atom. The van der Waals surface area contributed by atoms with Crippen molar-refractivity contribution >= 4 is 10.2 Å². The Balaban J connectivity index is 3.90. The summed E-state index contributed by atoms with van der Waals surface area (Å²) in [6, 6.07) is 0. The van der Waals surface area contributed by atoms with Gasteiger partial charge in [-0.2, -0.15) is 8.42 Å². The number of halogens is 2. The largest absolute Gasteiger partial charge is 0.334 e. The molecule has 0 amide bonds. The molecule has 0 radical (unpaired) electrons. The molecule has 0 aromatic carbocycles. The predicted molar refractivity (Wildman–Crippen MR) is 29.8 cm³/mol. The zero-order valence-electron chi connectivity index (χ0n) is 4.97. The van der Waals surface area contributed by atoms with Gasteiger partial charge >= 0.3 is 10.2 Å². The van der Waals surface area contributed by atoms with Crippen LogP contribution in [0, 0.1) is 0 Å². The zero-order valence-corrected chi connectivity index (χ0v) is 5.79. The molecule has 0 aliphatic rings. The molecule has 0 heterocycles. The highest BCUT2D eigenvalue weighted by molar-refractivity contribution is 7.86. The maximum Gasteiger partial charge on any atom is 0.334 e. The van der Waals surface area contributed by atoms with Gasteiger partial charge in [0.2, 0.25) is 5.50 Å². The highest BCUT2D eigenvalue weighted by atomic mass is 32.3. The van der Waals surface area contributed by atoms with E-state index in [2.05, 4.69) is 0 Å². The summed E-state index contributed by atoms with van der Waals surface area (Å²) in [6.07, 6.45) is 0.0587. The van der Waals surface area contributed by atoms with Gasteiger partial charge in [0, 0.05) is 0 Å². The van der Waals surface area contributed by atoms with Crippen molar-refractivity contribution in [1.82, 2.24) is 0 Å². The van der Waals surface area contributed by atoms with Crippen LogP contribution in [0.15, 0.2) is 0 Å². The smallest absolute Gasteiger partial charge is 0.227 e. The molecule has 1 atom stereocenters. The minimum Gasteiger partial charge on any atom is -0.227 e. The normalized spacial score (nSPS) is 15.4. The molecule has 1 unspecified atom stereocenters. The third-order valence-electron chi connectivity index (χ3n) is 0.821. The minimum atomic E-state index is -4.93. The van der Waals surface area contributed by atoms with Gasteiger partial charge in [-0.15, -0.1) is 3.89 Å². The third kappa shape index (κ3) is 3.40. The first kappa shape index (κ1) is 8.81. The van der Waals surface area contributed by atoms with E-state index in [9.17, 15) is 16.7 Å². The predicted octanol–water partition coefficient (Wildman–Crippen LogP) is 1.38. The molecular formula is C4H8F2O2S. The summed E-state index contributed by atoms with van der Waals surface area (Å²) in [7, 11) is -4.93. The van der Waals surface area contributed by atoms with E-state index in [4.69, 9.17) is 0 Å². The van der Waals surface area contributed by atoms with Crippen LogP contribution in [0.25, 0.3) is 0 Å². The first-order valence-electron chi connectivity index (χ1n) is 2.56. The van der Waals surface area contributed by atoms with E-state index in [0.29, 0.717) is 6.42 Å². The van der Waals surface area contributed by atoms with Crippen molar-refractivity contribution < 1.29 is 16.7 Å². The Hall–Kier alpha value is -0.190. The standard InChI is InChI=1S/C4H8F2O2S/c1-2-3-4(5)9(6,7)8/h4H,2-3H2,1H3. The van der Waals surface area contributed by atoms with Crippen molar-refractivity contribution in [3.8, 4) is 0 Å². The number of rotatable bonds is 3. The van der Waals surface area contributed by atoms with Crippen molar-refractivity contribution in [2.24, 2.45) is 0 Å². The van der Waals surface area contributed by atoms with Crippen LogP contribution in [0.5, 0.6) is 0 Å². The third-order valence-corrected chi connectivity index (χ3v) is 1.67. The van der Waals surface area contributed by atoms with Gasteiger partial charge in [0.15, 0.2) is 0 Å². The molecule has 0 aromatic heterocycles. The Bertz CT molecular complexity index is 163. The molecule has 0 aromatic rings. The Kier molecular flexibility index (Phi) is 3.03. The van der Waals surface area contributed by atoms with E-state index < -0.39 is 15.7 Å². The summed E-state index contributed by atoms with van der Waals surface area (Å²) in [6.45, 7) is 1.58. The highest BCUT2D eigenvalue weighted by Gasteiger charge is 2.21. The van der Waals surface area contributed by atoms with E-state index in [-0.39, 0.29) is 6.42 Å². The molecule has 0 aliphatic carbocycles. The van der Waals surface area contributed by atoms with E-state index in [1.54, 1.807) is 6.92 Å². The van der Waals surface area contributed by atoms with Crippen LogP contribution in [0.4, 0.5) is 8.28 Å². The summed E-state index contributed by atoms with van der Waals surface area (Å²) in [5.74, 6) is 0. The van der Waals surface area contributed by atoms with Gasteiger partial charge in [-0.25, -0.2) is 4.39 Å². The van der Waals surface area contributed by atoms with Gasteiger partial charge in [0.25, 0.3) is 0 Å². The van der Waals surface area contributed by atoms with E-state index in [1.807, 2.05) is 0 Å². The second-order valence-electron chi connectivity index (χ2n) is 1.67. The maximum atomic E-state index is 11.9. The summed E-state index contributed by atoms with van der Waals surface area (Å²) >= 11 is 0. The number of alkyl halides is 1. The molecular weight excluding hydrogens is 150 g/mol. The highest BCUT2D eigenvalue weighted by Crippen LogP contribution is 2.10. The molecule has 0 fully saturated rings. The van der Waals surface area contributed by atoms with Crippen LogP contribution < -0.4 is 0 Å². The summed E-state index contributed by atoms with van der Waals surface area (Å²) < 4.78 is 42.9. The topological polar surface area (TPSA) is 34.1 Å². The second-order valence-corrected chi connectivity index (χ2v) is 3.14. The Labute approximate surface area is 53.1 Å². The lowest BCUT2D eigenvalue weighted by atomic mass is 10.4. The van der Waals surface area contributed by atoms with Crippen LogP contribution >= 0.6 is 0 Å². The fourth-order valence-electron chi connectivity index (χ4n) is 0.368. The van der Waals surface area contributed by atoms with E-state index in [1.165, 1.54) is 0 Å². The summed E-state index contributed by atoms with van der Waals surface area (Å²) in [5.41, 5.74) is -2.33. The Morgan fingerprint density at radius 2 is 2.00 bits per heavy atom. The molecule has 0 aliphatic heterocycles. The van der Waals surface area contributed by atoms with Crippen molar-refractivity contribution in [3.05, 3.63) is 0 Å². The van der Waals surface area contributed by atoms with Gasteiger partial charge < -0.3 is 0 Å². The lowest BCUT2D eigenvalue weighted by molar-refractivity contribution is 0.379. The van der Waals surface area contributed by atoms with Crippen molar-refractivity contribution in [2.45, 2.75) is 25.3 Å². The second kappa shape index (κ2) is 3.10. The average Bonchev–Trinajstić information content (AvgIpc) is 1.64. The van der Waals surface area contributed by atoms with Crippen LogP contribution in [-0.2, 0) is 10.2 Å². The van der Waals surface area contributed by atoms with E-state index >= 15 is 0 Å². The van der Waals surface area contributed by atoms with Gasteiger partial charge in [0.05, 0.1) is 0 Å². The van der Waals surface area contributed by atoms with Crippen LogP contribution in [0.3, 0.4) is 0 Å². The first-order chi connectivity index (χ1) is 3.98. The first-order valence-corrected chi connectivity index (χ1v) is 4.00. The monoisotopic (exact) mass is 158 g/mol. The van der Waals surface area contributed by atoms with Crippen LogP contribution in [0.2, 0.25) is 0 Å². The molecule has 2 nitrogen and oxygen atoms in total. The molecule has 0 spiro atoms. The van der Waals surface area contributed by atoms with Gasteiger partial charge in [0.1, 0.15) is 0 Å². The SMILES string of the molecule is CCCC(F)S(=O)(=O)F. The average molecular weight is 158 g/mol. The minimum absolute atomic E-state index is 0.265. The van der Waals surface area contributed by atoms with Gasteiger partial charge in [-0.3, -0.25) is 0 Å². The number of hydrogen-bond donors (Lipinski definition) is 0. The zero-order chi connectivity index (χ0) is 7.49. The number of hydrogen-bond acceptors (Lipinski definition) is 2. The fraction of sp³-hybridized carbons (Fsp3) is 1.00. The quantitative estimate of drug-likeness (QED) is 0.581. The maximum absolute atomic E-state index is 11.9. The Morgan fingerprint density at radius 1 is 1.56 bits per heavy atom. The molecule has 0 saturated heterocycles. The van der Waals surface area contributed by atoms with Crippen LogP contribution in [0.1, 0.15) is 19.8 Å². The molecule has 0 N–H and O–H groups in total. The summed E-state index contributed by atoms with van der Waals surface area (Å²) in [5, 5.41) is 0. The summed E-state index contributed by atoms with van der Waals surface area (Å²) in [4.78, 5) is 0. The molecule has 5 heteroatoms. The van der Waals surface area contributed by atoms with Crippen molar-refractivity contribution in [1.29, 1.82) is 0 Å². The molecule has 0 saturated carbocycles. The molecule has 0 bridgehead atoms. The lowest BCUT2D eigenvalue weighted by Crippen LogP contribution is -2.09. The van der Waals surface area contributed by atoms with E-state index in [0.717, 1.165) is 0 Å². The van der Waals surface area contributed by atoms with Gasteiger partial charge in [-0.1, -0.05) is 13.3 Å². The van der Waals surface area contributed by atoms with Crippen LogP contribution in [-0.4, -0.2) is 13.9 Å². The van der Waals surface area contributed by atoms with Crippen molar-refractivity contribution in [3.63, 3.8) is 0 Å². The van der Waals surface area contributed by atoms with Crippen molar-refractivity contribution in [2.75, 3.05) is 0 Å². The molecule has 56 valence electrons. The fourth-order valence-corrected chi connectivity index (χ4v) is 0.885. The lowest BCUT2D eigenvalue weighted by Gasteiger charge is -1.97. The molecule has 0 rings (SSSR count). The molecule has 9 heavy (non-hydrogen) atoms. The van der Waals surface area contributed by atoms with Gasteiger partial charge in [-0.05, 0) is 6.42 Å².